The zero-order valence-corrected chi connectivity index (χ0v) is 9.51. The molecule has 0 aliphatic heterocycles. The summed E-state index contributed by atoms with van der Waals surface area (Å²) in [6.07, 6.45) is 1.79. The predicted octanol–water partition coefficient (Wildman–Crippen LogP) is 3.19. The van der Waals surface area contributed by atoms with Crippen molar-refractivity contribution in [1.29, 1.82) is 0 Å². The van der Waals surface area contributed by atoms with Crippen LogP contribution in [0.3, 0.4) is 0 Å². The van der Waals surface area contributed by atoms with Crippen LogP contribution in [0.15, 0.2) is 30.5 Å². The first kappa shape index (κ1) is 11.8. The second-order valence-electron chi connectivity index (χ2n) is 3.62. The van der Waals surface area contributed by atoms with Crippen molar-refractivity contribution in [3.05, 3.63) is 58.2 Å². The molecule has 0 bridgehead atoms. The quantitative estimate of drug-likeness (QED) is 0.894. The Kier molecular flexibility index (Phi) is 3.24. The number of aromatic nitrogens is 1. The second-order valence-corrected chi connectivity index (χ2v) is 4.06. The van der Waals surface area contributed by atoms with Gasteiger partial charge in [0, 0.05) is 18.2 Å². The number of nitrogens with zero attached hydrogens (tertiary/aromatic N) is 1. The van der Waals surface area contributed by atoms with E-state index < -0.39 is 11.6 Å². The largest absolute Gasteiger partial charge is 0.383 e. The number of rotatable bonds is 2. The van der Waals surface area contributed by atoms with E-state index in [2.05, 4.69) is 4.98 Å². The van der Waals surface area contributed by atoms with Gasteiger partial charge in [-0.2, -0.15) is 0 Å². The van der Waals surface area contributed by atoms with Gasteiger partial charge in [0.25, 0.3) is 0 Å². The third-order valence-corrected chi connectivity index (χ3v) is 2.55. The van der Waals surface area contributed by atoms with E-state index in [1.807, 2.05) is 0 Å². The van der Waals surface area contributed by atoms with Crippen molar-refractivity contribution in [2.45, 2.75) is 6.42 Å². The second kappa shape index (κ2) is 4.67. The minimum absolute atomic E-state index is 0.333. The summed E-state index contributed by atoms with van der Waals surface area (Å²) in [6, 6.07) is 5.37. The first-order valence-corrected chi connectivity index (χ1v) is 5.28. The lowest BCUT2D eigenvalue weighted by molar-refractivity contribution is 0.507. The van der Waals surface area contributed by atoms with Crippen molar-refractivity contribution in [3.8, 4) is 0 Å². The number of hydrogen-bond donors (Lipinski definition) is 1. The average molecular weight is 255 g/mol. The maximum Gasteiger partial charge on any atom is 0.159 e. The molecule has 17 heavy (non-hydrogen) atoms. The predicted molar refractivity (Wildman–Crippen MR) is 62.8 cm³/mol. The summed E-state index contributed by atoms with van der Waals surface area (Å²) in [5.41, 5.74) is 6.96. The Hall–Kier alpha value is -1.68. The summed E-state index contributed by atoms with van der Waals surface area (Å²) in [5.74, 6) is -1.42. The van der Waals surface area contributed by atoms with Gasteiger partial charge in [0.05, 0.1) is 5.02 Å². The van der Waals surface area contributed by atoms with Gasteiger partial charge >= 0.3 is 0 Å². The molecule has 0 spiro atoms. The van der Waals surface area contributed by atoms with E-state index in [1.54, 1.807) is 6.07 Å². The van der Waals surface area contributed by atoms with Crippen LogP contribution in [0.5, 0.6) is 0 Å². The van der Waals surface area contributed by atoms with Gasteiger partial charge in [-0.3, -0.25) is 0 Å². The molecule has 0 atom stereocenters. The molecule has 0 aliphatic rings. The van der Waals surface area contributed by atoms with Crippen LogP contribution in [0.4, 0.5) is 14.6 Å². The molecule has 5 heteroatoms. The van der Waals surface area contributed by atoms with Crippen molar-refractivity contribution in [1.82, 2.24) is 4.98 Å². The van der Waals surface area contributed by atoms with Crippen LogP contribution < -0.4 is 5.73 Å². The summed E-state index contributed by atoms with van der Waals surface area (Å²) >= 11 is 5.79. The van der Waals surface area contributed by atoms with Crippen molar-refractivity contribution in [2.24, 2.45) is 0 Å². The van der Waals surface area contributed by atoms with Gasteiger partial charge in [0.1, 0.15) is 5.82 Å². The van der Waals surface area contributed by atoms with Crippen molar-refractivity contribution < 1.29 is 8.78 Å². The standard InChI is InChI=1S/C12H9ClF2N2/c13-9-5-8(12(16)17-6-9)3-7-1-2-10(14)11(15)4-7/h1-2,4-6H,3H2,(H2,16,17). The first-order valence-electron chi connectivity index (χ1n) is 4.90. The molecule has 2 N–H and O–H groups in total. The number of anilines is 1. The SMILES string of the molecule is Nc1ncc(Cl)cc1Cc1ccc(F)c(F)c1. The van der Waals surface area contributed by atoms with Gasteiger partial charge in [0.2, 0.25) is 0 Å². The van der Waals surface area contributed by atoms with Gasteiger partial charge in [0.15, 0.2) is 11.6 Å². The first-order chi connectivity index (χ1) is 8.06. The van der Waals surface area contributed by atoms with E-state index in [4.69, 9.17) is 17.3 Å². The van der Waals surface area contributed by atoms with E-state index in [0.29, 0.717) is 28.4 Å². The van der Waals surface area contributed by atoms with E-state index in [1.165, 1.54) is 12.3 Å². The molecule has 0 saturated heterocycles. The molecule has 2 aromatic rings. The summed E-state index contributed by atoms with van der Waals surface area (Å²) < 4.78 is 25.8. The van der Waals surface area contributed by atoms with Gasteiger partial charge < -0.3 is 5.73 Å². The molecule has 88 valence electrons. The van der Waals surface area contributed by atoms with Gasteiger partial charge in [-0.05, 0) is 23.8 Å². The minimum atomic E-state index is -0.879. The molecule has 0 aliphatic carbocycles. The molecule has 1 aromatic carbocycles. The van der Waals surface area contributed by atoms with E-state index in [-0.39, 0.29) is 0 Å². The Morgan fingerprint density at radius 1 is 1.18 bits per heavy atom. The summed E-state index contributed by atoms with van der Waals surface area (Å²) in [7, 11) is 0. The minimum Gasteiger partial charge on any atom is -0.383 e. The topological polar surface area (TPSA) is 38.9 Å². The summed E-state index contributed by atoms with van der Waals surface area (Å²) in [4.78, 5) is 3.89. The molecular weight excluding hydrogens is 246 g/mol. The van der Waals surface area contributed by atoms with E-state index >= 15 is 0 Å². The summed E-state index contributed by atoms with van der Waals surface area (Å²) in [5, 5.41) is 0.455. The third-order valence-electron chi connectivity index (χ3n) is 2.35. The summed E-state index contributed by atoms with van der Waals surface area (Å²) in [6.45, 7) is 0. The third kappa shape index (κ3) is 2.71. The molecule has 1 heterocycles. The lowest BCUT2D eigenvalue weighted by atomic mass is 10.1. The highest BCUT2D eigenvalue weighted by atomic mass is 35.5. The fourth-order valence-corrected chi connectivity index (χ4v) is 1.68. The van der Waals surface area contributed by atoms with Crippen LogP contribution in [-0.2, 0) is 6.42 Å². The number of nitrogen functional groups attached to an aromatic ring is 1. The van der Waals surface area contributed by atoms with Crippen molar-refractivity contribution in [3.63, 3.8) is 0 Å². The highest BCUT2D eigenvalue weighted by Gasteiger charge is 2.06. The molecule has 0 unspecified atom stereocenters. The number of halogens is 3. The Labute approximate surface area is 102 Å². The molecule has 1 aromatic heterocycles. The lowest BCUT2D eigenvalue weighted by Crippen LogP contribution is -1.99. The Bertz CT molecular complexity index is 558. The van der Waals surface area contributed by atoms with Gasteiger partial charge in [-0.15, -0.1) is 0 Å². The van der Waals surface area contributed by atoms with Crippen LogP contribution in [0.25, 0.3) is 0 Å². The molecule has 0 radical (unpaired) electrons. The molecular formula is C12H9ClF2N2. The molecule has 0 amide bonds. The van der Waals surface area contributed by atoms with E-state index in [9.17, 15) is 8.78 Å². The Morgan fingerprint density at radius 3 is 2.65 bits per heavy atom. The van der Waals surface area contributed by atoms with Crippen LogP contribution >= 0.6 is 11.6 Å². The average Bonchev–Trinajstić information content (AvgIpc) is 2.29. The van der Waals surface area contributed by atoms with Crippen molar-refractivity contribution >= 4 is 17.4 Å². The molecule has 2 nitrogen and oxygen atoms in total. The van der Waals surface area contributed by atoms with E-state index in [0.717, 1.165) is 12.1 Å². The van der Waals surface area contributed by atoms with Crippen LogP contribution in [0.2, 0.25) is 5.02 Å². The monoisotopic (exact) mass is 254 g/mol. The highest BCUT2D eigenvalue weighted by Crippen LogP contribution is 2.19. The normalized spacial score (nSPS) is 10.5. The Balaban J connectivity index is 2.31. The molecule has 0 saturated carbocycles. The van der Waals surface area contributed by atoms with Crippen molar-refractivity contribution in [2.75, 3.05) is 5.73 Å². The number of benzene rings is 1. The zero-order valence-electron chi connectivity index (χ0n) is 8.75. The molecule has 0 fully saturated rings. The Morgan fingerprint density at radius 2 is 1.94 bits per heavy atom. The zero-order chi connectivity index (χ0) is 12.4. The van der Waals surface area contributed by atoms with Crippen LogP contribution in [0.1, 0.15) is 11.1 Å². The fraction of sp³-hybridized carbons (Fsp3) is 0.0833. The molecule has 2 rings (SSSR count). The lowest BCUT2D eigenvalue weighted by Gasteiger charge is -2.06. The highest BCUT2D eigenvalue weighted by molar-refractivity contribution is 6.30. The number of hydrogen-bond acceptors (Lipinski definition) is 2. The fourth-order valence-electron chi connectivity index (χ4n) is 1.50. The number of nitrogens with two attached hydrogens (primary N) is 1. The maximum atomic E-state index is 13.0. The van der Waals surface area contributed by atoms with Gasteiger partial charge in [-0.25, -0.2) is 13.8 Å². The van der Waals surface area contributed by atoms with Crippen LogP contribution in [0, 0.1) is 11.6 Å². The smallest absolute Gasteiger partial charge is 0.159 e. The number of pyridine rings is 1. The maximum absolute atomic E-state index is 13.0. The van der Waals surface area contributed by atoms with Crippen LogP contribution in [-0.4, -0.2) is 4.98 Å². The van der Waals surface area contributed by atoms with Gasteiger partial charge in [-0.1, -0.05) is 17.7 Å².